The fourth-order valence-electron chi connectivity index (χ4n) is 2.83. The summed E-state index contributed by atoms with van der Waals surface area (Å²) in [6.45, 7) is 1.59. The zero-order valence-electron chi connectivity index (χ0n) is 17.4. The third kappa shape index (κ3) is 5.79. The summed E-state index contributed by atoms with van der Waals surface area (Å²) in [5.74, 6) is -1.05. The van der Waals surface area contributed by atoms with Gasteiger partial charge in [0.25, 0.3) is 11.8 Å². The predicted molar refractivity (Wildman–Crippen MR) is 123 cm³/mol. The van der Waals surface area contributed by atoms with E-state index in [-0.39, 0.29) is 16.2 Å². The maximum atomic E-state index is 12.3. The smallest absolute Gasteiger partial charge is 0.337 e. The zero-order valence-corrected chi connectivity index (χ0v) is 18.2. The van der Waals surface area contributed by atoms with Crippen molar-refractivity contribution in [1.29, 1.82) is 0 Å². The first-order chi connectivity index (χ1) is 15.4. The maximum Gasteiger partial charge on any atom is 0.337 e. The number of carbonyl (C=O) groups is 3. The molecule has 3 rings (SSSR count). The predicted octanol–water partition coefficient (Wildman–Crippen LogP) is 2.73. The number of hydrogen-bond acceptors (Lipinski definition) is 6. The summed E-state index contributed by atoms with van der Waals surface area (Å²) in [6.07, 6.45) is -0.820. The molecule has 0 heterocycles. The van der Waals surface area contributed by atoms with E-state index in [4.69, 9.17) is 17.0 Å². The highest BCUT2D eigenvalue weighted by Crippen LogP contribution is 2.21. The van der Waals surface area contributed by atoms with Gasteiger partial charge in [-0.1, -0.05) is 36.4 Å². The van der Waals surface area contributed by atoms with Crippen LogP contribution in [0.1, 0.15) is 27.6 Å². The van der Waals surface area contributed by atoms with Gasteiger partial charge in [0.05, 0.1) is 12.7 Å². The van der Waals surface area contributed by atoms with Crippen molar-refractivity contribution in [2.75, 3.05) is 7.11 Å². The number of amides is 2. The van der Waals surface area contributed by atoms with E-state index in [0.29, 0.717) is 5.75 Å². The van der Waals surface area contributed by atoms with E-state index >= 15 is 0 Å². The van der Waals surface area contributed by atoms with Crippen LogP contribution in [0.5, 0.6) is 5.75 Å². The van der Waals surface area contributed by atoms with Crippen LogP contribution < -0.4 is 20.9 Å². The highest BCUT2D eigenvalue weighted by Gasteiger charge is 2.16. The van der Waals surface area contributed by atoms with Gasteiger partial charge in [-0.15, -0.1) is 0 Å². The number of ether oxygens (including phenoxy) is 2. The second-order valence-electron chi connectivity index (χ2n) is 6.74. The van der Waals surface area contributed by atoms with Crippen LogP contribution in [0.25, 0.3) is 10.8 Å². The Hall–Kier alpha value is -3.98. The first-order valence-electron chi connectivity index (χ1n) is 9.62. The first-order valence-corrected chi connectivity index (χ1v) is 10.0. The van der Waals surface area contributed by atoms with E-state index in [2.05, 4.69) is 20.9 Å². The van der Waals surface area contributed by atoms with E-state index in [1.807, 2.05) is 36.4 Å². The van der Waals surface area contributed by atoms with Crippen molar-refractivity contribution in [1.82, 2.24) is 16.2 Å². The monoisotopic (exact) mass is 451 g/mol. The Morgan fingerprint density at radius 1 is 0.875 bits per heavy atom. The number of methoxy groups -OCH3 is 1. The Morgan fingerprint density at radius 2 is 1.59 bits per heavy atom. The number of nitrogens with one attached hydrogen (secondary N) is 3. The Morgan fingerprint density at radius 3 is 2.34 bits per heavy atom. The van der Waals surface area contributed by atoms with Gasteiger partial charge >= 0.3 is 5.97 Å². The molecule has 0 aliphatic carbocycles. The minimum atomic E-state index is -0.820. The molecule has 0 fully saturated rings. The minimum Gasteiger partial charge on any atom is -0.481 e. The van der Waals surface area contributed by atoms with Crippen molar-refractivity contribution in [3.8, 4) is 5.75 Å². The first kappa shape index (κ1) is 22.7. The number of hydrazine groups is 1. The Bertz CT molecular complexity index is 1180. The van der Waals surface area contributed by atoms with Crippen LogP contribution in [-0.2, 0) is 9.53 Å². The van der Waals surface area contributed by atoms with Gasteiger partial charge in [-0.2, -0.15) is 0 Å². The number of carbonyl (C=O) groups excluding carboxylic acids is 3. The van der Waals surface area contributed by atoms with E-state index in [9.17, 15) is 14.4 Å². The van der Waals surface area contributed by atoms with Gasteiger partial charge in [-0.25, -0.2) is 4.79 Å². The number of rotatable bonds is 5. The standard InChI is InChI=1S/C23H21N3O5S/c1-14(31-19-11-10-15-6-3-4-7-16(15)13-19)20(27)25-26-23(32)24-21(28)17-8-5-9-18(12-17)22(29)30-2/h3-14H,1-2H3,(H,25,27)(H2,24,26,28,32). The van der Waals surface area contributed by atoms with Crippen molar-refractivity contribution in [3.05, 3.63) is 77.9 Å². The fraction of sp³-hybridized carbons (Fsp3) is 0.130. The molecule has 3 aromatic rings. The van der Waals surface area contributed by atoms with Crippen LogP contribution in [0.4, 0.5) is 0 Å². The molecular weight excluding hydrogens is 430 g/mol. The van der Waals surface area contributed by atoms with Gasteiger partial charge in [0.2, 0.25) is 0 Å². The summed E-state index contributed by atoms with van der Waals surface area (Å²) >= 11 is 5.03. The van der Waals surface area contributed by atoms with Gasteiger partial charge in [0, 0.05) is 5.56 Å². The summed E-state index contributed by atoms with van der Waals surface area (Å²) in [7, 11) is 1.25. The third-order valence-electron chi connectivity index (χ3n) is 4.48. The molecule has 8 nitrogen and oxygen atoms in total. The lowest BCUT2D eigenvalue weighted by Crippen LogP contribution is -2.51. The normalized spacial score (nSPS) is 11.2. The molecule has 32 heavy (non-hydrogen) atoms. The maximum absolute atomic E-state index is 12.3. The molecule has 0 saturated carbocycles. The molecule has 0 spiro atoms. The van der Waals surface area contributed by atoms with E-state index in [0.717, 1.165) is 10.8 Å². The Kier molecular flexibility index (Phi) is 7.35. The molecule has 3 aromatic carbocycles. The molecule has 3 N–H and O–H groups in total. The van der Waals surface area contributed by atoms with Crippen molar-refractivity contribution in [3.63, 3.8) is 0 Å². The van der Waals surface area contributed by atoms with Crippen molar-refractivity contribution in [2.45, 2.75) is 13.0 Å². The number of hydrogen-bond donors (Lipinski definition) is 3. The quantitative estimate of drug-likeness (QED) is 0.311. The lowest BCUT2D eigenvalue weighted by atomic mass is 10.1. The van der Waals surface area contributed by atoms with Gasteiger partial charge in [0.1, 0.15) is 5.75 Å². The van der Waals surface area contributed by atoms with E-state index in [1.54, 1.807) is 19.1 Å². The summed E-state index contributed by atoms with van der Waals surface area (Å²) in [6, 6.07) is 19.3. The third-order valence-corrected chi connectivity index (χ3v) is 4.68. The molecule has 0 saturated heterocycles. The summed E-state index contributed by atoms with van der Waals surface area (Å²) < 4.78 is 10.3. The second-order valence-corrected chi connectivity index (χ2v) is 7.15. The lowest BCUT2D eigenvalue weighted by molar-refractivity contribution is -0.127. The second kappa shape index (κ2) is 10.4. The van der Waals surface area contributed by atoms with Gasteiger partial charge in [-0.05, 0) is 60.2 Å². The molecular formula is C23H21N3O5S. The molecule has 0 aromatic heterocycles. The fourth-order valence-corrected chi connectivity index (χ4v) is 2.97. The molecule has 0 bridgehead atoms. The Balaban J connectivity index is 1.50. The molecule has 9 heteroatoms. The van der Waals surface area contributed by atoms with Crippen molar-refractivity contribution < 1.29 is 23.9 Å². The number of fused-ring (bicyclic) bond motifs is 1. The van der Waals surface area contributed by atoms with E-state index in [1.165, 1.54) is 25.3 Å². The van der Waals surface area contributed by atoms with Gasteiger partial charge in [0.15, 0.2) is 11.2 Å². The number of thiocarbonyl (C=S) groups is 1. The van der Waals surface area contributed by atoms with Crippen LogP contribution in [0, 0.1) is 0 Å². The van der Waals surface area contributed by atoms with Crippen molar-refractivity contribution in [2.24, 2.45) is 0 Å². The molecule has 0 aliphatic rings. The van der Waals surface area contributed by atoms with Crippen LogP contribution in [0.3, 0.4) is 0 Å². The number of esters is 1. The molecule has 0 aliphatic heterocycles. The average Bonchev–Trinajstić information content (AvgIpc) is 2.81. The minimum absolute atomic E-state index is 0.121. The highest BCUT2D eigenvalue weighted by atomic mass is 32.1. The van der Waals surface area contributed by atoms with Crippen LogP contribution in [0.2, 0.25) is 0 Å². The molecule has 1 atom stereocenters. The topological polar surface area (TPSA) is 106 Å². The summed E-state index contributed by atoms with van der Waals surface area (Å²) in [5.41, 5.74) is 5.28. The zero-order chi connectivity index (χ0) is 23.1. The van der Waals surface area contributed by atoms with Crippen LogP contribution >= 0.6 is 12.2 Å². The molecule has 2 amide bonds. The molecule has 1 unspecified atom stereocenters. The lowest BCUT2D eigenvalue weighted by Gasteiger charge is -2.16. The molecule has 164 valence electrons. The summed E-state index contributed by atoms with van der Waals surface area (Å²) in [5, 5.41) is 4.36. The van der Waals surface area contributed by atoms with Crippen molar-refractivity contribution >= 4 is 45.9 Å². The SMILES string of the molecule is COC(=O)c1cccc(C(=O)NC(=S)NNC(=O)C(C)Oc2ccc3ccccc3c2)c1. The van der Waals surface area contributed by atoms with Gasteiger partial charge in [-0.3, -0.25) is 25.8 Å². The highest BCUT2D eigenvalue weighted by molar-refractivity contribution is 7.80. The van der Waals surface area contributed by atoms with Crippen LogP contribution in [0.15, 0.2) is 66.7 Å². The summed E-state index contributed by atoms with van der Waals surface area (Å²) in [4.78, 5) is 36.2. The average molecular weight is 452 g/mol. The Labute approximate surface area is 189 Å². The van der Waals surface area contributed by atoms with Crippen LogP contribution in [-0.4, -0.2) is 36.1 Å². The van der Waals surface area contributed by atoms with Gasteiger partial charge < -0.3 is 9.47 Å². The molecule has 0 radical (unpaired) electrons. The van der Waals surface area contributed by atoms with E-state index < -0.39 is 23.9 Å². The largest absolute Gasteiger partial charge is 0.481 e. The number of benzene rings is 3.